The van der Waals surface area contributed by atoms with E-state index in [2.05, 4.69) is 9.97 Å². The number of ether oxygens (including phenoxy) is 1. The monoisotopic (exact) mass is 365 g/mol. The Morgan fingerprint density at radius 2 is 2.00 bits per heavy atom. The second-order valence-electron chi connectivity index (χ2n) is 5.75. The van der Waals surface area contributed by atoms with Gasteiger partial charge in [0.05, 0.1) is 24.7 Å². The Morgan fingerprint density at radius 1 is 1.27 bits per heavy atom. The maximum atomic E-state index is 13.0. The number of aromatic carboxylic acids is 1. The van der Waals surface area contributed by atoms with Gasteiger partial charge in [-0.3, -0.25) is 4.98 Å². The zero-order valence-corrected chi connectivity index (χ0v) is 13.8. The van der Waals surface area contributed by atoms with Crippen molar-refractivity contribution < 1.29 is 27.8 Å². The number of rotatable bonds is 4. The summed E-state index contributed by atoms with van der Waals surface area (Å²) < 4.78 is 45.5. The molecule has 0 saturated carbocycles. The summed E-state index contributed by atoms with van der Waals surface area (Å²) in [5.74, 6) is -1.13. The first-order valence-electron chi connectivity index (χ1n) is 7.49. The van der Waals surface area contributed by atoms with Crippen LogP contribution in [0, 0.1) is 6.92 Å². The van der Waals surface area contributed by atoms with Gasteiger partial charge in [0.15, 0.2) is 0 Å². The molecule has 0 aliphatic rings. The molecular formula is C17H14F3N3O3. The number of halogens is 3. The molecule has 0 bridgehead atoms. The summed E-state index contributed by atoms with van der Waals surface area (Å²) in [7, 11) is 1.31. The molecular weight excluding hydrogens is 351 g/mol. The van der Waals surface area contributed by atoms with Gasteiger partial charge in [-0.2, -0.15) is 13.2 Å². The molecule has 0 unspecified atom stereocenters. The van der Waals surface area contributed by atoms with Gasteiger partial charge >= 0.3 is 12.1 Å². The summed E-state index contributed by atoms with van der Waals surface area (Å²) in [6.45, 7) is 1.74. The highest BCUT2D eigenvalue weighted by Gasteiger charge is 2.32. The van der Waals surface area contributed by atoms with Gasteiger partial charge in [0, 0.05) is 24.2 Å². The largest absolute Gasteiger partial charge is 0.481 e. The highest BCUT2D eigenvalue weighted by molar-refractivity contribution is 6.01. The number of pyridine rings is 2. The molecule has 3 heterocycles. The number of nitrogens with zero attached hydrogens (tertiary/aromatic N) is 3. The second-order valence-corrected chi connectivity index (χ2v) is 5.75. The van der Waals surface area contributed by atoms with Crippen LogP contribution >= 0.6 is 0 Å². The summed E-state index contributed by atoms with van der Waals surface area (Å²) in [5, 5.41) is 9.34. The van der Waals surface area contributed by atoms with Crippen LogP contribution in [0.5, 0.6) is 5.88 Å². The van der Waals surface area contributed by atoms with Gasteiger partial charge in [-0.1, -0.05) is 0 Å². The Kier molecular flexibility index (Phi) is 4.31. The van der Waals surface area contributed by atoms with Crippen LogP contribution in [0.15, 0.2) is 30.7 Å². The van der Waals surface area contributed by atoms with Crippen molar-refractivity contribution in [1.29, 1.82) is 0 Å². The molecule has 0 aromatic carbocycles. The lowest BCUT2D eigenvalue weighted by atomic mass is 10.2. The minimum absolute atomic E-state index is 0.0288. The lowest BCUT2D eigenvalue weighted by Gasteiger charge is -2.13. The van der Waals surface area contributed by atoms with E-state index in [0.717, 1.165) is 11.6 Å². The molecule has 6 nitrogen and oxygen atoms in total. The van der Waals surface area contributed by atoms with Gasteiger partial charge in [0.25, 0.3) is 0 Å². The summed E-state index contributed by atoms with van der Waals surface area (Å²) >= 11 is 0. The fraction of sp³-hybridized carbons (Fsp3) is 0.235. The summed E-state index contributed by atoms with van der Waals surface area (Å²) in [4.78, 5) is 19.3. The fourth-order valence-corrected chi connectivity index (χ4v) is 2.69. The maximum absolute atomic E-state index is 13.0. The number of carboxylic acids is 1. The number of aryl methyl sites for hydroxylation is 1. The highest BCUT2D eigenvalue weighted by atomic mass is 19.4. The first-order valence-corrected chi connectivity index (χ1v) is 7.49. The number of carboxylic acid groups (broad SMARTS) is 1. The van der Waals surface area contributed by atoms with E-state index in [9.17, 15) is 23.1 Å². The number of hydrogen-bond donors (Lipinski definition) is 1. The molecule has 26 heavy (non-hydrogen) atoms. The molecule has 0 atom stereocenters. The molecule has 3 aromatic heterocycles. The third-order valence-electron chi connectivity index (χ3n) is 3.87. The Labute approximate surface area is 145 Å². The average Bonchev–Trinajstić information content (AvgIpc) is 2.92. The van der Waals surface area contributed by atoms with Gasteiger partial charge in [0.2, 0.25) is 5.88 Å². The van der Waals surface area contributed by atoms with E-state index in [-0.39, 0.29) is 29.1 Å². The lowest BCUT2D eigenvalue weighted by Crippen LogP contribution is -2.09. The highest BCUT2D eigenvalue weighted by Crippen LogP contribution is 2.32. The molecule has 0 fully saturated rings. The predicted octanol–water partition coefficient (Wildman–Crippen LogP) is 3.51. The molecule has 0 radical (unpaired) electrons. The van der Waals surface area contributed by atoms with Crippen molar-refractivity contribution in [3.8, 4) is 5.88 Å². The molecule has 0 aliphatic heterocycles. The fourth-order valence-electron chi connectivity index (χ4n) is 2.69. The summed E-state index contributed by atoms with van der Waals surface area (Å²) in [6.07, 6.45) is -0.966. The van der Waals surface area contributed by atoms with Crippen molar-refractivity contribution in [1.82, 2.24) is 14.5 Å². The number of aromatic nitrogens is 3. The van der Waals surface area contributed by atoms with Crippen LogP contribution in [0.2, 0.25) is 0 Å². The Balaban J connectivity index is 2.14. The Bertz CT molecular complexity index is 996. The minimum Gasteiger partial charge on any atom is -0.481 e. The molecule has 9 heteroatoms. The third kappa shape index (κ3) is 3.19. The van der Waals surface area contributed by atoms with Crippen LogP contribution in [0.1, 0.15) is 27.0 Å². The van der Waals surface area contributed by atoms with Crippen LogP contribution in [-0.2, 0) is 12.7 Å². The quantitative estimate of drug-likeness (QED) is 0.766. The van der Waals surface area contributed by atoms with Crippen LogP contribution in [-0.4, -0.2) is 32.7 Å². The van der Waals surface area contributed by atoms with Crippen molar-refractivity contribution in [2.45, 2.75) is 19.6 Å². The van der Waals surface area contributed by atoms with Crippen molar-refractivity contribution in [3.63, 3.8) is 0 Å². The molecule has 3 aromatic rings. The number of hydrogen-bond acceptors (Lipinski definition) is 4. The maximum Gasteiger partial charge on any atom is 0.417 e. The molecule has 0 aliphatic carbocycles. The van der Waals surface area contributed by atoms with Crippen molar-refractivity contribution >= 4 is 17.0 Å². The first-order chi connectivity index (χ1) is 12.2. The summed E-state index contributed by atoms with van der Waals surface area (Å²) in [6, 6.07) is 2.67. The molecule has 0 spiro atoms. The van der Waals surface area contributed by atoms with Gasteiger partial charge in [0.1, 0.15) is 11.1 Å². The van der Waals surface area contributed by atoms with E-state index in [1.807, 2.05) is 0 Å². The number of carbonyl (C=O) groups is 1. The zero-order chi connectivity index (χ0) is 19.1. The first kappa shape index (κ1) is 17.7. The average molecular weight is 365 g/mol. The third-order valence-corrected chi connectivity index (χ3v) is 3.87. The topological polar surface area (TPSA) is 77.2 Å². The normalized spacial score (nSPS) is 11.7. The van der Waals surface area contributed by atoms with Gasteiger partial charge in [-0.05, 0) is 24.6 Å². The second kappa shape index (κ2) is 6.32. The SMILES string of the molecule is COc1ncc(C(F)(F)F)cc1Cn1cc(C(=O)O)c2ncc(C)cc21. The molecule has 1 N–H and O–H groups in total. The molecule has 0 amide bonds. The van der Waals surface area contributed by atoms with Crippen LogP contribution < -0.4 is 4.74 Å². The summed E-state index contributed by atoms with van der Waals surface area (Å²) in [5.41, 5.74) is 0.806. The van der Waals surface area contributed by atoms with Gasteiger partial charge in [-0.15, -0.1) is 0 Å². The van der Waals surface area contributed by atoms with E-state index < -0.39 is 17.7 Å². The smallest absolute Gasteiger partial charge is 0.417 e. The zero-order valence-electron chi connectivity index (χ0n) is 13.8. The standard InChI is InChI=1S/C17H14F3N3O3/c1-9-3-13-14(21-5-9)12(16(24)25)8-23(13)7-10-4-11(17(18,19)20)6-22-15(10)26-2/h3-6,8H,7H2,1-2H3,(H,24,25). The number of alkyl halides is 3. The lowest BCUT2D eigenvalue weighted by molar-refractivity contribution is -0.137. The minimum atomic E-state index is -4.54. The molecule has 136 valence electrons. The van der Waals surface area contributed by atoms with E-state index in [0.29, 0.717) is 11.7 Å². The van der Waals surface area contributed by atoms with Crippen LogP contribution in [0.3, 0.4) is 0 Å². The van der Waals surface area contributed by atoms with E-state index in [4.69, 9.17) is 4.74 Å². The number of methoxy groups -OCH3 is 1. The van der Waals surface area contributed by atoms with Crippen molar-refractivity contribution in [2.24, 2.45) is 0 Å². The number of fused-ring (bicyclic) bond motifs is 1. The van der Waals surface area contributed by atoms with Gasteiger partial charge < -0.3 is 14.4 Å². The van der Waals surface area contributed by atoms with Crippen molar-refractivity contribution in [2.75, 3.05) is 7.11 Å². The van der Waals surface area contributed by atoms with Gasteiger partial charge in [-0.25, -0.2) is 9.78 Å². The predicted molar refractivity (Wildman–Crippen MR) is 86.3 cm³/mol. The van der Waals surface area contributed by atoms with E-state index >= 15 is 0 Å². The Hall–Kier alpha value is -3.10. The molecule has 0 saturated heterocycles. The van der Waals surface area contributed by atoms with Crippen molar-refractivity contribution in [3.05, 3.63) is 53.0 Å². The van der Waals surface area contributed by atoms with Crippen LogP contribution in [0.25, 0.3) is 11.0 Å². The Morgan fingerprint density at radius 3 is 2.62 bits per heavy atom. The van der Waals surface area contributed by atoms with Crippen LogP contribution in [0.4, 0.5) is 13.2 Å². The molecule has 3 rings (SSSR count). The van der Waals surface area contributed by atoms with E-state index in [1.54, 1.807) is 13.0 Å². The van der Waals surface area contributed by atoms with E-state index in [1.165, 1.54) is 24.1 Å².